The fourth-order valence-electron chi connectivity index (χ4n) is 1.22. The third kappa shape index (κ3) is 9.11. The maximum Gasteiger partial charge on any atom is 0.411 e. The van der Waals surface area contributed by atoms with Crippen LogP contribution in [0.3, 0.4) is 0 Å². The average molecular weight is 271 g/mol. The second kappa shape index (κ2) is 6.59. The maximum atomic E-state index is 11.9. The molecule has 0 aromatic carbocycles. The van der Waals surface area contributed by atoms with Crippen molar-refractivity contribution < 1.29 is 19.1 Å². The molecule has 0 radical (unpaired) electrons. The second-order valence-electron chi connectivity index (χ2n) is 6.24. The minimum atomic E-state index is -0.607. The van der Waals surface area contributed by atoms with Crippen LogP contribution in [0.2, 0.25) is 0 Å². The number of esters is 1. The lowest BCUT2D eigenvalue weighted by Crippen LogP contribution is -2.41. The molecule has 0 saturated carbocycles. The Kier molecular flexibility index (Phi) is 6.06. The molecule has 5 nitrogen and oxygen atoms in total. The van der Waals surface area contributed by atoms with Crippen molar-refractivity contribution >= 4 is 12.1 Å². The summed E-state index contributed by atoms with van der Waals surface area (Å²) in [5, 5.41) is 0. The Labute approximate surface area is 115 Å². The molecule has 0 heterocycles. The Morgan fingerprint density at radius 3 is 1.89 bits per heavy atom. The van der Waals surface area contributed by atoms with Crippen LogP contribution in [0.15, 0.2) is 12.7 Å². The van der Waals surface area contributed by atoms with Crippen molar-refractivity contribution in [3.05, 3.63) is 12.7 Å². The van der Waals surface area contributed by atoms with Gasteiger partial charge in [0.05, 0.1) is 0 Å². The van der Waals surface area contributed by atoms with E-state index < -0.39 is 23.3 Å². The number of nitrogens with zero attached hydrogens (tertiary/aromatic N) is 1. The van der Waals surface area contributed by atoms with E-state index >= 15 is 0 Å². The second-order valence-corrected chi connectivity index (χ2v) is 6.24. The predicted octanol–water partition coefficient (Wildman–Crippen LogP) is 2.75. The number of rotatable bonds is 4. The molecule has 0 aromatic rings. The molecule has 0 aliphatic heterocycles. The highest BCUT2D eigenvalue weighted by Crippen LogP contribution is 2.11. The van der Waals surface area contributed by atoms with Gasteiger partial charge in [0.15, 0.2) is 0 Å². The van der Waals surface area contributed by atoms with Gasteiger partial charge in [-0.2, -0.15) is 0 Å². The fourth-order valence-corrected chi connectivity index (χ4v) is 1.22. The molecule has 0 bridgehead atoms. The molecular weight excluding hydrogens is 246 g/mol. The Morgan fingerprint density at radius 1 is 1.05 bits per heavy atom. The van der Waals surface area contributed by atoms with Crippen LogP contribution in [0.4, 0.5) is 4.79 Å². The lowest BCUT2D eigenvalue weighted by Gasteiger charge is -2.27. The van der Waals surface area contributed by atoms with Gasteiger partial charge >= 0.3 is 12.1 Å². The summed E-state index contributed by atoms with van der Waals surface area (Å²) in [5.74, 6) is -0.472. The van der Waals surface area contributed by atoms with Gasteiger partial charge in [-0.3, -0.25) is 9.69 Å². The number of carbonyl (C=O) groups is 2. The molecule has 0 saturated heterocycles. The summed E-state index contributed by atoms with van der Waals surface area (Å²) >= 11 is 0. The molecule has 1 amide bonds. The zero-order valence-electron chi connectivity index (χ0n) is 12.8. The summed E-state index contributed by atoms with van der Waals surface area (Å²) in [6.45, 7) is 14.3. The van der Waals surface area contributed by atoms with Gasteiger partial charge in [0.2, 0.25) is 0 Å². The topological polar surface area (TPSA) is 55.8 Å². The SMILES string of the molecule is C=CCN(CC(=O)OC(C)(C)C)C(=O)OC(C)(C)C. The van der Waals surface area contributed by atoms with Crippen molar-refractivity contribution in [3.63, 3.8) is 0 Å². The van der Waals surface area contributed by atoms with E-state index in [1.165, 1.54) is 11.0 Å². The van der Waals surface area contributed by atoms with Crippen LogP contribution in [0, 0.1) is 0 Å². The third-order valence-electron chi connectivity index (χ3n) is 1.74. The molecular formula is C14H25NO4. The van der Waals surface area contributed by atoms with Crippen LogP contribution >= 0.6 is 0 Å². The first kappa shape index (κ1) is 17.5. The smallest absolute Gasteiger partial charge is 0.411 e. The van der Waals surface area contributed by atoms with Crippen molar-refractivity contribution in [2.75, 3.05) is 13.1 Å². The minimum Gasteiger partial charge on any atom is -0.459 e. The largest absolute Gasteiger partial charge is 0.459 e. The molecule has 0 spiro atoms. The summed E-state index contributed by atoms with van der Waals surface area (Å²) in [7, 11) is 0. The summed E-state index contributed by atoms with van der Waals surface area (Å²) in [6, 6.07) is 0. The van der Waals surface area contributed by atoms with Crippen LogP contribution in [-0.2, 0) is 14.3 Å². The van der Waals surface area contributed by atoms with Crippen molar-refractivity contribution in [3.8, 4) is 0 Å². The van der Waals surface area contributed by atoms with Gasteiger partial charge in [-0.25, -0.2) is 4.79 Å². The van der Waals surface area contributed by atoms with E-state index in [4.69, 9.17) is 9.47 Å². The van der Waals surface area contributed by atoms with Crippen LogP contribution < -0.4 is 0 Å². The van der Waals surface area contributed by atoms with Crippen LogP contribution in [0.25, 0.3) is 0 Å². The average Bonchev–Trinajstić information content (AvgIpc) is 2.10. The van der Waals surface area contributed by atoms with Gasteiger partial charge < -0.3 is 9.47 Å². The van der Waals surface area contributed by atoms with Crippen LogP contribution in [-0.4, -0.2) is 41.3 Å². The van der Waals surface area contributed by atoms with E-state index in [1.807, 2.05) is 0 Å². The van der Waals surface area contributed by atoms with E-state index in [0.717, 1.165) is 0 Å². The molecule has 0 aliphatic carbocycles. The van der Waals surface area contributed by atoms with Gasteiger partial charge in [-0.1, -0.05) is 6.08 Å². The highest BCUT2D eigenvalue weighted by atomic mass is 16.6. The van der Waals surface area contributed by atoms with E-state index in [1.54, 1.807) is 41.5 Å². The molecule has 0 rings (SSSR count). The maximum absolute atomic E-state index is 11.9. The monoisotopic (exact) mass is 271 g/mol. The third-order valence-corrected chi connectivity index (χ3v) is 1.74. The van der Waals surface area contributed by atoms with Crippen LogP contribution in [0.5, 0.6) is 0 Å². The molecule has 0 unspecified atom stereocenters. The predicted molar refractivity (Wildman–Crippen MR) is 73.8 cm³/mol. The summed E-state index contributed by atoms with van der Waals surface area (Å²) in [6.07, 6.45) is 0.979. The molecule has 0 atom stereocenters. The summed E-state index contributed by atoms with van der Waals surface area (Å²) < 4.78 is 10.4. The number of ether oxygens (including phenoxy) is 2. The number of hydrogen-bond donors (Lipinski definition) is 0. The van der Waals surface area contributed by atoms with Crippen LogP contribution in [0.1, 0.15) is 41.5 Å². The van der Waals surface area contributed by atoms with E-state index in [9.17, 15) is 9.59 Å². The molecule has 0 fully saturated rings. The van der Waals surface area contributed by atoms with E-state index in [0.29, 0.717) is 0 Å². The first-order valence-electron chi connectivity index (χ1n) is 6.25. The number of amides is 1. The summed E-state index contributed by atoms with van der Waals surface area (Å²) in [5.41, 5.74) is -1.19. The highest BCUT2D eigenvalue weighted by molar-refractivity contribution is 5.78. The standard InChI is InChI=1S/C14H25NO4/c1-8-9-15(12(17)19-14(5,6)7)10-11(16)18-13(2,3)4/h8H,1,9-10H2,2-7H3. The first-order valence-corrected chi connectivity index (χ1v) is 6.25. The fraction of sp³-hybridized carbons (Fsp3) is 0.714. The first-order chi connectivity index (χ1) is 8.44. The Hall–Kier alpha value is -1.52. The van der Waals surface area contributed by atoms with Gasteiger partial charge in [-0.05, 0) is 41.5 Å². The molecule has 110 valence electrons. The zero-order chi connectivity index (χ0) is 15.3. The van der Waals surface area contributed by atoms with Crippen molar-refractivity contribution in [1.82, 2.24) is 4.90 Å². The Morgan fingerprint density at radius 2 is 1.53 bits per heavy atom. The molecule has 5 heteroatoms. The van der Waals surface area contributed by atoms with Crippen molar-refractivity contribution in [2.24, 2.45) is 0 Å². The quantitative estimate of drug-likeness (QED) is 0.583. The van der Waals surface area contributed by atoms with Crippen molar-refractivity contribution in [2.45, 2.75) is 52.7 Å². The zero-order valence-corrected chi connectivity index (χ0v) is 12.8. The number of carbonyl (C=O) groups excluding carboxylic acids is 2. The summed E-state index contributed by atoms with van der Waals surface area (Å²) in [4.78, 5) is 24.9. The highest BCUT2D eigenvalue weighted by Gasteiger charge is 2.25. The number of hydrogen-bond acceptors (Lipinski definition) is 4. The van der Waals surface area contributed by atoms with E-state index in [2.05, 4.69) is 6.58 Å². The molecule has 19 heavy (non-hydrogen) atoms. The van der Waals surface area contributed by atoms with Crippen molar-refractivity contribution in [1.29, 1.82) is 0 Å². The normalized spacial score (nSPS) is 11.7. The van der Waals surface area contributed by atoms with Gasteiger partial charge in [0, 0.05) is 6.54 Å². The lowest BCUT2D eigenvalue weighted by atomic mass is 10.2. The molecule has 0 aliphatic rings. The lowest BCUT2D eigenvalue weighted by molar-refractivity contribution is -0.155. The minimum absolute atomic E-state index is 0.155. The van der Waals surface area contributed by atoms with Gasteiger partial charge in [-0.15, -0.1) is 6.58 Å². The van der Waals surface area contributed by atoms with Gasteiger partial charge in [0.1, 0.15) is 17.7 Å². The molecule has 0 aromatic heterocycles. The van der Waals surface area contributed by atoms with Gasteiger partial charge in [0.25, 0.3) is 0 Å². The van der Waals surface area contributed by atoms with E-state index in [-0.39, 0.29) is 13.1 Å². The Bertz CT molecular complexity index is 336. The molecule has 0 N–H and O–H groups in total. The Balaban J connectivity index is 4.61.